The number of rotatable bonds is 5. The number of halogens is 1. The molecule has 1 saturated heterocycles. The van der Waals surface area contributed by atoms with Crippen LogP contribution in [0.15, 0.2) is 66.0 Å². The van der Waals surface area contributed by atoms with Crippen molar-refractivity contribution in [2.75, 3.05) is 13.1 Å². The predicted molar refractivity (Wildman–Crippen MR) is 115 cm³/mol. The molecule has 0 aliphatic carbocycles. The monoisotopic (exact) mass is 439 g/mol. The van der Waals surface area contributed by atoms with Crippen LogP contribution in [0.25, 0.3) is 22.0 Å². The SMILES string of the molecule is O=S(=O)(c1ccccc1F)N1CCC(Cn2ncc3cc(-c4cn[nH]c4)ccc32)CC1. The molecule has 5 rings (SSSR count). The first kappa shape index (κ1) is 19.9. The number of nitrogens with zero attached hydrogens (tertiary/aromatic N) is 4. The average molecular weight is 440 g/mol. The Labute approximate surface area is 179 Å². The highest BCUT2D eigenvalue weighted by Crippen LogP contribution is 2.28. The highest BCUT2D eigenvalue weighted by Gasteiger charge is 2.31. The zero-order valence-corrected chi connectivity index (χ0v) is 17.6. The summed E-state index contributed by atoms with van der Waals surface area (Å²) in [6.07, 6.45) is 6.92. The molecular weight excluding hydrogens is 417 g/mol. The molecule has 0 unspecified atom stereocenters. The maximum Gasteiger partial charge on any atom is 0.245 e. The molecule has 0 atom stereocenters. The second kappa shape index (κ2) is 7.90. The van der Waals surface area contributed by atoms with Gasteiger partial charge in [-0.15, -0.1) is 0 Å². The molecule has 0 bridgehead atoms. The molecule has 2 aromatic carbocycles. The molecule has 1 aliphatic heterocycles. The largest absolute Gasteiger partial charge is 0.285 e. The standard InChI is InChI=1S/C22H22FN5O2S/c23-20-3-1-2-4-22(20)31(29,30)27-9-7-16(8-10-27)15-28-21-6-5-17(11-18(21)14-26-28)19-12-24-25-13-19/h1-6,11-14,16H,7-10,15H2,(H,24,25). The highest BCUT2D eigenvalue weighted by atomic mass is 32.2. The van der Waals surface area contributed by atoms with Crippen molar-refractivity contribution in [3.63, 3.8) is 0 Å². The van der Waals surface area contributed by atoms with Crippen LogP contribution in [0, 0.1) is 11.7 Å². The predicted octanol–water partition coefficient (Wildman–Crippen LogP) is 3.67. The van der Waals surface area contributed by atoms with Gasteiger partial charge in [0, 0.05) is 36.8 Å². The maximum atomic E-state index is 14.0. The molecule has 0 amide bonds. The van der Waals surface area contributed by atoms with Gasteiger partial charge in [-0.25, -0.2) is 12.8 Å². The minimum Gasteiger partial charge on any atom is -0.285 e. The van der Waals surface area contributed by atoms with Crippen LogP contribution in [0.1, 0.15) is 12.8 Å². The zero-order valence-electron chi connectivity index (χ0n) is 16.8. The van der Waals surface area contributed by atoms with Crippen LogP contribution < -0.4 is 0 Å². The summed E-state index contributed by atoms with van der Waals surface area (Å²) in [7, 11) is -3.81. The van der Waals surface area contributed by atoms with Crippen molar-refractivity contribution >= 4 is 20.9 Å². The minimum atomic E-state index is -3.81. The molecule has 4 aromatic rings. The van der Waals surface area contributed by atoms with Crippen molar-refractivity contribution in [3.8, 4) is 11.1 Å². The molecule has 160 valence electrons. The van der Waals surface area contributed by atoms with E-state index in [1.54, 1.807) is 12.3 Å². The van der Waals surface area contributed by atoms with Gasteiger partial charge in [0.25, 0.3) is 0 Å². The number of piperidine rings is 1. The maximum absolute atomic E-state index is 14.0. The Kier molecular flexibility index (Phi) is 5.07. The summed E-state index contributed by atoms with van der Waals surface area (Å²) in [5.74, 6) is -0.397. The second-order valence-electron chi connectivity index (χ2n) is 7.87. The Morgan fingerprint density at radius 1 is 1.06 bits per heavy atom. The van der Waals surface area contributed by atoms with Gasteiger partial charge in [0.1, 0.15) is 10.7 Å². The van der Waals surface area contributed by atoms with Crippen LogP contribution in [0.4, 0.5) is 4.39 Å². The van der Waals surface area contributed by atoms with Crippen molar-refractivity contribution in [2.24, 2.45) is 5.92 Å². The number of nitrogens with one attached hydrogen (secondary N) is 1. The van der Waals surface area contributed by atoms with E-state index in [0.717, 1.165) is 28.6 Å². The van der Waals surface area contributed by atoms with E-state index in [9.17, 15) is 12.8 Å². The first-order valence-corrected chi connectivity index (χ1v) is 11.7. The molecule has 1 N–H and O–H groups in total. The summed E-state index contributed by atoms with van der Waals surface area (Å²) < 4.78 is 43.0. The van der Waals surface area contributed by atoms with Crippen molar-refractivity contribution in [1.82, 2.24) is 24.3 Å². The quantitative estimate of drug-likeness (QED) is 0.514. The molecule has 0 radical (unpaired) electrons. The van der Waals surface area contributed by atoms with Gasteiger partial charge in [-0.05, 0) is 48.6 Å². The third-order valence-corrected chi connectivity index (χ3v) is 7.86. The lowest BCUT2D eigenvalue weighted by Crippen LogP contribution is -2.39. The summed E-state index contributed by atoms with van der Waals surface area (Å²) in [5.41, 5.74) is 3.15. The third-order valence-electron chi connectivity index (χ3n) is 5.93. The van der Waals surface area contributed by atoms with Gasteiger partial charge in [0.2, 0.25) is 10.0 Å². The summed E-state index contributed by atoms with van der Waals surface area (Å²) in [4.78, 5) is -0.250. The van der Waals surface area contributed by atoms with E-state index in [2.05, 4.69) is 33.5 Å². The van der Waals surface area contributed by atoms with Crippen molar-refractivity contribution in [3.05, 3.63) is 66.9 Å². The van der Waals surface area contributed by atoms with Crippen molar-refractivity contribution in [2.45, 2.75) is 24.3 Å². The Hall–Kier alpha value is -3.04. The topological polar surface area (TPSA) is 83.9 Å². The normalized spacial score (nSPS) is 16.2. The number of H-pyrrole nitrogens is 1. The number of hydrogen-bond acceptors (Lipinski definition) is 4. The molecule has 31 heavy (non-hydrogen) atoms. The Balaban J connectivity index is 1.28. The van der Waals surface area contributed by atoms with Crippen LogP contribution in [-0.2, 0) is 16.6 Å². The molecule has 0 saturated carbocycles. The Morgan fingerprint density at radius 2 is 1.87 bits per heavy atom. The highest BCUT2D eigenvalue weighted by molar-refractivity contribution is 7.89. The summed E-state index contributed by atoms with van der Waals surface area (Å²) in [6, 6.07) is 11.7. The number of fused-ring (bicyclic) bond motifs is 1. The van der Waals surface area contributed by atoms with E-state index < -0.39 is 15.8 Å². The van der Waals surface area contributed by atoms with Crippen LogP contribution in [0.5, 0.6) is 0 Å². The second-order valence-corrected chi connectivity index (χ2v) is 9.77. The van der Waals surface area contributed by atoms with Gasteiger partial charge in [0.15, 0.2) is 0 Å². The fraction of sp³-hybridized carbons (Fsp3) is 0.273. The van der Waals surface area contributed by atoms with E-state index in [-0.39, 0.29) is 4.90 Å². The van der Waals surface area contributed by atoms with Crippen LogP contribution in [0.2, 0.25) is 0 Å². The molecule has 1 aliphatic rings. The van der Waals surface area contributed by atoms with Crippen molar-refractivity contribution in [1.29, 1.82) is 0 Å². The molecular formula is C22H22FN5O2S. The van der Waals surface area contributed by atoms with Gasteiger partial charge in [-0.2, -0.15) is 14.5 Å². The summed E-state index contributed by atoms with van der Waals surface area (Å²) in [6.45, 7) is 1.48. The number of aromatic amines is 1. The third kappa shape index (κ3) is 3.75. The zero-order chi connectivity index (χ0) is 21.4. The Bertz CT molecular complexity index is 1310. The van der Waals surface area contributed by atoms with Gasteiger partial charge in [-0.1, -0.05) is 18.2 Å². The van der Waals surface area contributed by atoms with Crippen LogP contribution in [-0.4, -0.2) is 45.8 Å². The van der Waals surface area contributed by atoms with E-state index in [4.69, 9.17) is 0 Å². The van der Waals surface area contributed by atoms with E-state index in [1.807, 2.05) is 17.1 Å². The lowest BCUT2D eigenvalue weighted by atomic mass is 9.98. The van der Waals surface area contributed by atoms with Crippen molar-refractivity contribution < 1.29 is 12.8 Å². The number of benzene rings is 2. The van der Waals surface area contributed by atoms with Gasteiger partial charge in [0.05, 0.1) is 17.9 Å². The minimum absolute atomic E-state index is 0.250. The van der Waals surface area contributed by atoms with Gasteiger partial charge in [-0.3, -0.25) is 9.78 Å². The number of aromatic nitrogens is 4. The molecule has 3 heterocycles. The number of sulfonamides is 1. The molecule has 9 heteroatoms. The van der Waals surface area contributed by atoms with Crippen LogP contribution >= 0.6 is 0 Å². The van der Waals surface area contributed by atoms with E-state index in [0.29, 0.717) is 31.8 Å². The molecule has 7 nitrogen and oxygen atoms in total. The smallest absolute Gasteiger partial charge is 0.245 e. The van der Waals surface area contributed by atoms with Gasteiger partial charge < -0.3 is 0 Å². The summed E-state index contributed by atoms with van der Waals surface area (Å²) >= 11 is 0. The van der Waals surface area contributed by atoms with E-state index >= 15 is 0 Å². The molecule has 1 fully saturated rings. The first-order chi connectivity index (χ1) is 15.0. The first-order valence-electron chi connectivity index (χ1n) is 10.2. The molecule has 0 spiro atoms. The average Bonchev–Trinajstić information content (AvgIpc) is 3.45. The fourth-order valence-electron chi connectivity index (χ4n) is 4.19. The van der Waals surface area contributed by atoms with Gasteiger partial charge >= 0.3 is 0 Å². The fourth-order valence-corrected chi connectivity index (χ4v) is 5.73. The lowest BCUT2D eigenvalue weighted by molar-refractivity contribution is 0.249. The number of hydrogen-bond donors (Lipinski definition) is 1. The Morgan fingerprint density at radius 3 is 2.61 bits per heavy atom. The van der Waals surface area contributed by atoms with E-state index in [1.165, 1.54) is 22.5 Å². The van der Waals surface area contributed by atoms with Crippen LogP contribution in [0.3, 0.4) is 0 Å². The molecule has 2 aromatic heterocycles. The summed E-state index contributed by atoms with van der Waals surface area (Å²) in [5, 5.41) is 12.4. The lowest BCUT2D eigenvalue weighted by Gasteiger charge is -2.31.